The van der Waals surface area contributed by atoms with E-state index in [4.69, 9.17) is 11.6 Å². The Labute approximate surface area is 79.7 Å². The summed E-state index contributed by atoms with van der Waals surface area (Å²) in [5, 5.41) is 0.229. The van der Waals surface area contributed by atoms with E-state index in [1.54, 1.807) is 31.0 Å². The quantitative estimate of drug-likeness (QED) is 0.644. The third-order valence-corrected chi connectivity index (χ3v) is 1.67. The van der Waals surface area contributed by atoms with Crippen LogP contribution in [0.25, 0.3) is 11.3 Å². The van der Waals surface area contributed by atoms with Crippen LogP contribution in [0.15, 0.2) is 31.0 Å². The lowest BCUT2D eigenvalue weighted by Gasteiger charge is -1.96. The van der Waals surface area contributed by atoms with Gasteiger partial charge < -0.3 is 0 Å². The molecular weight excluding hydrogens is 188 g/mol. The molecule has 0 amide bonds. The molecule has 2 heterocycles. The molecule has 2 aromatic heterocycles. The molecule has 0 fully saturated rings. The molecule has 0 aromatic carbocycles. The Balaban J connectivity index is 2.42. The minimum atomic E-state index is 0.229. The Bertz CT molecular complexity index is 387. The molecule has 64 valence electrons. The van der Waals surface area contributed by atoms with E-state index in [0.717, 1.165) is 11.3 Å². The van der Waals surface area contributed by atoms with E-state index >= 15 is 0 Å². The van der Waals surface area contributed by atoms with E-state index in [1.807, 2.05) is 0 Å². The van der Waals surface area contributed by atoms with Gasteiger partial charge in [0.05, 0.1) is 11.9 Å². The second-order valence-corrected chi connectivity index (χ2v) is 2.67. The molecule has 0 atom stereocenters. The van der Waals surface area contributed by atoms with Crippen molar-refractivity contribution in [3.63, 3.8) is 0 Å². The van der Waals surface area contributed by atoms with Gasteiger partial charge in [-0.15, -0.1) is 0 Å². The predicted molar refractivity (Wildman–Crippen MR) is 48.1 cm³/mol. The molecule has 0 radical (unpaired) electrons. The van der Waals surface area contributed by atoms with Gasteiger partial charge in [0.25, 0.3) is 0 Å². The summed E-state index contributed by atoms with van der Waals surface area (Å²) in [4.78, 5) is 15.7. The molecule has 0 unspecified atom stereocenters. The van der Waals surface area contributed by atoms with Gasteiger partial charge >= 0.3 is 0 Å². The second kappa shape index (κ2) is 3.45. The van der Waals surface area contributed by atoms with Crippen molar-refractivity contribution >= 4 is 11.6 Å². The average Bonchev–Trinajstić information content (AvgIpc) is 2.20. The molecule has 0 saturated carbocycles. The van der Waals surface area contributed by atoms with Gasteiger partial charge in [0.15, 0.2) is 0 Å². The van der Waals surface area contributed by atoms with Gasteiger partial charge in [0.1, 0.15) is 0 Å². The molecule has 0 aliphatic rings. The van der Waals surface area contributed by atoms with Crippen molar-refractivity contribution in [1.29, 1.82) is 0 Å². The van der Waals surface area contributed by atoms with Gasteiger partial charge in [-0.05, 0) is 11.6 Å². The molecule has 0 aliphatic heterocycles. The highest BCUT2D eigenvalue weighted by Crippen LogP contribution is 2.13. The molecule has 13 heavy (non-hydrogen) atoms. The van der Waals surface area contributed by atoms with Crippen molar-refractivity contribution in [2.75, 3.05) is 0 Å². The van der Waals surface area contributed by atoms with Crippen LogP contribution in [0.1, 0.15) is 0 Å². The monoisotopic (exact) mass is 192 g/mol. The van der Waals surface area contributed by atoms with Gasteiger partial charge in [-0.2, -0.15) is 0 Å². The van der Waals surface area contributed by atoms with Crippen LogP contribution in [0.5, 0.6) is 0 Å². The Kier molecular flexibility index (Phi) is 2.14. The maximum Gasteiger partial charge on any atom is 0.222 e. The first-order chi connectivity index (χ1) is 6.36. The maximum atomic E-state index is 5.54. The molecule has 0 bridgehead atoms. The van der Waals surface area contributed by atoms with Gasteiger partial charge in [-0.25, -0.2) is 9.97 Å². The van der Waals surface area contributed by atoms with Crippen LogP contribution in [0.4, 0.5) is 0 Å². The molecule has 4 nitrogen and oxygen atoms in total. The van der Waals surface area contributed by atoms with Crippen LogP contribution in [-0.2, 0) is 0 Å². The average molecular weight is 193 g/mol. The zero-order valence-corrected chi connectivity index (χ0v) is 7.31. The lowest BCUT2D eigenvalue weighted by Crippen LogP contribution is -1.87. The standard InChI is InChI=1S/C8H5ClN4/c9-8-12-3-6(4-13-8)7-5-10-1-2-11-7/h1-5H. The summed E-state index contributed by atoms with van der Waals surface area (Å²) in [6.07, 6.45) is 8.09. The van der Waals surface area contributed by atoms with E-state index in [1.165, 1.54) is 0 Å². The third kappa shape index (κ3) is 1.78. The molecule has 2 rings (SSSR count). The first-order valence-corrected chi connectivity index (χ1v) is 3.98. The Morgan fingerprint density at radius 1 is 0.923 bits per heavy atom. The van der Waals surface area contributed by atoms with Crippen LogP contribution in [-0.4, -0.2) is 19.9 Å². The summed E-state index contributed by atoms with van der Waals surface area (Å²) in [5.74, 6) is 0. The minimum absolute atomic E-state index is 0.229. The topological polar surface area (TPSA) is 51.6 Å². The Morgan fingerprint density at radius 3 is 2.31 bits per heavy atom. The maximum absolute atomic E-state index is 5.54. The van der Waals surface area contributed by atoms with Crippen LogP contribution in [0, 0.1) is 0 Å². The highest BCUT2D eigenvalue weighted by molar-refractivity contribution is 6.28. The number of halogens is 1. The van der Waals surface area contributed by atoms with Crippen LogP contribution >= 0.6 is 11.6 Å². The number of aromatic nitrogens is 4. The summed E-state index contributed by atoms with van der Waals surface area (Å²) in [7, 11) is 0. The highest BCUT2D eigenvalue weighted by atomic mass is 35.5. The summed E-state index contributed by atoms with van der Waals surface area (Å²) in [6, 6.07) is 0. The van der Waals surface area contributed by atoms with E-state index in [9.17, 15) is 0 Å². The fourth-order valence-electron chi connectivity index (χ4n) is 0.893. The van der Waals surface area contributed by atoms with Crippen molar-refractivity contribution in [1.82, 2.24) is 19.9 Å². The van der Waals surface area contributed by atoms with Crippen LogP contribution in [0.2, 0.25) is 5.28 Å². The largest absolute Gasteiger partial charge is 0.261 e. The fraction of sp³-hybridized carbons (Fsp3) is 0. The van der Waals surface area contributed by atoms with Gasteiger partial charge in [0.2, 0.25) is 5.28 Å². The molecule has 2 aromatic rings. The molecular formula is C8H5ClN4. The first kappa shape index (κ1) is 8.07. The minimum Gasteiger partial charge on any atom is -0.261 e. The van der Waals surface area contributed by atoms with Gasteiger partial charge in [-0.3, -0.25) is 9.97 Å². The lowest BCUT2D eigenvalue weighted by atomic mass is 10.2. The number of rotatable bonds is 1. The summed E-state index contributed by atoms with van der Waals surface area (Å²) in [6.45, 7) is 0. The second-order valence-electron chi connectivity index (χ2n) is 2.33. The Hall–Kier alpha value is -1.55. The fourth-order valence-corrected chi connectivity index (χ4v) is 0.990. The Morgan fingerprint density at radius 2 is 1.69 bits per heavy atom. The van der Waals surface area contributed by atoms with Crippen molar-refractivity contribution in [2.24, 2.45) is 0 Å². The van der Waals surface area contributed by atoms with Crippen molar-refractivity contribution in [2.45, 2.75) is 0 Å². The van der Waals surface area contributed by atoms with Crippen molar-refractivity contribution in [3.05, 3.63) is 36.3 Å². The third-order valence-electron chi connectivity index (χ3n) is 1.48. The van der Waals surface area contributed by atoms with E-state index in [-0.39, 0.29) is 5.28 Å². The zero-order valence-electron chi connectivity index (χ0n) is 6.55. The van der Waals surface area contributed by atoms with E-state index in [2.05, 4.69) is 19.9 Å². The van der Waals surface area contributed by atoms with Gasteiger partial charge in [-0.1, -0.05) is 0 Å². The SMILES string of the molecule is Clc1ncc(-c2cnccn2)cn1. The molecule has 0 spiro atoms. The number of hydrogen-bond acceptors (Lipinski definition) is 4. The summed E-state index contributed by atoms with van der Waals surface area (Å²) >= 11 is 5.54. The molecule has 0 aliphatic carbocycles. The lowest BCUT2D eigenvalue weighted by molar-refractivity contribution is 1.14. The van der Waals surface area contributed by atoms with Crippen molar-refractivity contribution in [3.8, 4) is 11.3 Å². The van der Waals surface area contributed by atoms with Crippen LogP contribution < -0.4 is 0 Å². The van der Waals surface area contributed by atoms with E-state index < -0.39 is 0 Å². The molecule has 0 saturated heterocycles. The van der Waals surface area contributed by atoms with Crippen LogP contribution in [0.3, 0.4) is 0 Å². The normalized spacial score (nSPS) is 9.92. The van der Waals surface area contributed by atoms with E-state index in [0.29, 0.717) is 0 Å². The van der Waals surface area contributed by atoms with Gasteiger partial charge in [0, 0.05) is 30.4 Å². The molecule has 0 N–H and O–H groups in total. The zero-order chi connectivity index (χ0) is 9.10. The first-order valence-electron chi connectivity index (χ1n) is 3.60. The smallest absolute Gasteiger partial charge is 0.222 e. The highest BCUT2D eigenvalue weighted by Gasteiger charge is 1.99. The molecule has 5 heteroatoms. The summed E-state index contributed by atoms with van der Waals surface area (Å²) < 4.78 is 0. The number of hydrogen-bond donors (Lipinski definition) is 0. The number of nitrogens with zero attached hydrogens (tertiary/aromatic N) is 4. The van der Waals surface area contributed by atoms with Crippen molar-refractivity contribution < 1.29 is 0 Å². The summed E-state index contributed by atoms with van der Waals surface area (Å²) in [5.41, 5.74) is 1.54. The predicted octanol–water partition coefficient (Wildman–Crippen LogP) is 1.59.